The van der Waals surface area contributed by atoms with Crippen molar-refractivity contribution >= 4 is 0 Å². The van der Waals surface area contributed by atoms with E-state index in [9.17, 15) is 0 Å². The van der Waals surface area contributed by atoms with Crippen LogP contribution in [0.5, 0.6) is 0 Å². The molecule has 0 aromatic heterocycles. The number of hydrogen-bond donors (Lipinski definition) is 0. The van der Waals surface area contributed by atoms with Crippen molar-refractivity contribution in [2.75, 3.05) is 0 Å². The number of rotatable bonds is 3. The van der Waals surface area contributed by atoms with Gasteiger partial charge in [0.15, 0.2) is 0 Å². The Morgan fingerprint density at radius 3 is 2.00 bits per heavy atom. The van der Waals surface area contributed by atoms with Crippen molar-refractivity contribution in [1.82, 2.24) is 0 Å². The van der Waals surface area contributed by atoms with Gasteiger partial charge in [-0.2, -0.15) is 0 Å². The Bertz CT molecular complexity index is 109. The highest BCUT2D eigenvalue weighted by Gasteiger charge is 2.38. The Kier molecular flexibility index (Phi) is 2.07. The molecule has 1 saturated carbocycles. The van der Waals surface area contributed by atoms with E-state index in [0.717, 1.165) is 17.3 Å². The first-order valence-corrected chi connectivity index (χ1v) is 4.53. The van der Waals surface area contributed by atoms with Crippen molar-refractivity contribution < 1.29 is 0 Å². The van der Waals surface area contributed by atoms with Crippen molar-refractivity contribution in [2.45, 2.75) is 47.0 Å². The molecule has 10 heavy (non-hydrogen) atoms. The van der Waals surface area contributed by atoms with Gasteiger partial charge in [-0.3, -0.25) is 0 Å². The van der Waals surface area contributed by atoms with E-state index in [2.05, 4.69) is 27.7 Å². The summed E-state index contributed by atoms with van der Waals surface area (Å²) < 4.78 is 0. The molecule has 0 aliphatic heterocycles. The van der Waals surface area contributed by atoms with E-state index >= 15 is 0 Å². The van der Waals surface area contributed by atoms with Gasteiger partial charge in [-0.05, 0) is 36.5 Å². The third kappa shape index (κ3) is 2.00. The van der Waals surface area contributed by atoms with Crippen molar-refractivity contribution in [2.24, 2.45) is 17.3 Å². The van der Waals surface area contributed by atoms with Crippen LogP contribution in [-0.2, 0) is 0 Å². The molecule has 0 saturated heterocycles. The van der Waals surface area contributed by atoms with E-state index < -0.39 is 0 Å². The molecule has 0 nitrogen and oxygen atoms in total. The summed E-state index contributed by atoms with van der Waals surface area (Å²) in [6.45, 7) is 9.47. The molecule has 1 unspecified atom stereocenters. The Balaban J connectivity index is 2.24. The molecule has 0 heterocycles. The Labute approximate surface area is 65.0 Å². The van der Waals surface area contributed by atoms with Gasteiger partial charge >= 0.3 is 0 Å². The molecule has 0 spiro atoms. The fourth-order valence-corrected chi connectivity index (χ4v) is 1.43. The molecule has 0 heteroatoms. The zero-order valence-electron chi connectivity index (χ0n) is 7.78. The monoisotopic (exact) mass is 140 g/mol. The smallest absolute Gasteiger partial charge is 0.0323 e. The van der Waals surface area contributed by atoms with Crippen LogP contribution in [0.15, 0.2) is 0 Å². The largest absolute Gasteiger partial charge is 0.0625 e. The topological polar surface area (TPSA) is 0 Å². The lowest BCUT2D eigenvalue weighted by Crippen LogP contribution is -2.09. The quantitative estimate of drug-likeness (QED) is 0.563. The van der Waals surface area contributed by atoms with Crippen LogP contribution < -0.4 is 0 Å². The van der Waals surface area contributed by atoms with Crippen LogP contribution in [0.4, 0.5) is 0 Å². The van der Waals surface area contributed by atoms with E-state index in [0.29, 0.717) is 0 Å². The first-order chi connectivity index (χ1) is 4.53. The fraction of sp³-hybridized carbons (Fsp3) is 1.00. The van der Waals surface area contributed by atoms with Gasteiger partial charge < -0.3 is 0 Å². The van der Waals surface area contributed by atoms with E-state index in [-0.39, 0.29) is 0 Å². The van der Waals surface area contributed by atoms with Crippen molar-refractivity contribution in [3.05, 3.63) is 0 Å². The average molecular weight is 140 g/mol. The Hall–Kier alpha value is 0. The van der Waals surface area contributed by atoms with E-state index in [1.807, 2.05) is 0 Å². The Morgan fingerprint density at radius 2 is 1.70 bits per heavy atom. The summed E-state index contributed by atoms with van der Waals surface area (Å²) in [4.78, 5) is 0. The van der Waals surface area contributed by atoms with Crippen LogP contribution in [0, 0.1) is 17.3 Å². The Morgan fingerprint density at radius 1 is 1.20 bits per heavy atom. The minimum Gasteiger partial charge on any atom is -0.0625 e. The van der Waals surface area contributed by atoms with Gasteiger partial charge in [-0.15, -0.1) is 0 Å². The fourth-order valence-electron chi connectivity index (χ4n) is 1.43. The normalized spacial score (nSPS) is 24.9. The highest BCUT2D eigenvalue weighted by Crippen LogP contribution is 2.50. The maximum atomic E-state index is 2.42. The van der Waals surface area contributed by atoms with Crippen LogP contribution in [0.2, 0.25) is 0 Å². The second kappa shape index (κ2) is 2.56. The van der Waals surface area contributed by atoms with Gasteiger partial charge in [0.25, 0.3) is 0 Å². The highest BCUT2D eigenvalue weighted by molar-refractivity contribution is 4.89. The lowest BCUT2D eigenvalue weighted by atomic mass is 9.87. The maximum absolute atomic E-state index is 2.42. The molecule has 0 N–H and O–H groups in total. The molecular formula is C10H20. The van der Waals surface area contributed by atoms with Gasteiger partial charge in [0.2, 0.25) is 0 Å². The minimum atomic E-state index is 0.754. The van der Waals surface area contributed by atoms with E-state index in [1.165, 1.54) is 19.3 Å². The molecule has 1 atom stereocenters. The lowest BCUT2D eigenvalue weighted by molar-refractivity contribution is 0.319. The summed E-state index contributed by atoms with van der Waals surface area (Å²) in [5.41, 5.74) is 0.754. The lowest BCUT2D eigenvalue weighted by Gasteiger charge is -2.19. The van der Waals surface area contributed by atoms with Crippen LogP contribution in [-0.4, -0.2) is 0 Å². The summed E-state index contributed by atoms with van der Waals surface area (Å²) in [5.74, 6) is 1.80. The molecule has 0 radical (unpaired) electrons. The van der Waals surface area contributed by atoms with Crippen LogP contribution in [0.1, 0.15) is 47.0 Å². The van der Waals surface area contributed by atoms with Crippen molar-refractivity contribution in [3.63, 3.8) is 0 Å². The standard InChI is InChI=1S/C10H20/c1-8(2)9(3)7-10(4)5-6-10/h8-9H,5-7H2,1-4H3. The van der Waals surface area contributed by atoms with Crippen LogP contribution >= 0.6 is 0 Å². The van der Waals surface area contributed by atoms with Gasteiger partial charge in [0.05, 0.1) is 0 Å². The minimum absolute atomic E-state index is 0.754. The molecule has 0 bridgehead atoms. The van der Waals surface area contributed by atoms with E-state index in [4.69, 9.17) is 0 Å². The number of hydrogen-bond acceptors (Lipinski definition) is 0. The molecule has 1 aliphatic carbocycles. The van der Waals surface area contributed by atoms with Crippen LogP contribution in [0.25, 0.3) is 0 Å². The molecule has 1 aliphatic rings. The summed E-state index contributed by atoms with van der Waals surface area (Å²) in [6, 6.07) is 0. The predicted molar refractivity (Wildman–Crippen MR) is 46.0 cm³/mol. The van der Waals surface area contributed by atoms with Crippen LogP contribution in [0.3, 0.4) is 0 Å². The highest BCUT2D eigenvalue weighted by atomic mass is 14.4. The molecule has 1 rings (SSSR count). The maximum Gasteiger partial charge on any atom is -0.0323 e. The second-order valence-corrected chi connectivity index (χ2v) is 4.74. The summed E-state index contributed by atoms with van der Waals surface area (Å²) in [6.07, 6.45) is 4.40. The van der Waals surface area contributed by atoms with Crippen molar-refractivity contribution in [1.29, 1.82) is 0 Å². The van der Waals surface area contributed by atoms with E-state index in [1.54, 1.807) is 0 Å². The summed E-state index contributed by atoms with van der Waals surface area (Å²) in [5, 5.41) is 0. The first kappa shape index (κ1) is 8.10. The molecular weight excluding hydrogens is 120 g/mol. The molecule has 0 aromatic rings. The van der Waals surface area contributed by atoms with Gasteiger partial charge in [0.1, 0.15) is 0 Å². The third-order valence-electron chi connectivity index (χ3n) is 3.06. The second-order valence-electron chi connectivity index (χ2n) is 4.74. The predicted octanol–water partition coefficient (Wildman–Crippen LogP) is 3.47. The first-order valence-electron chi connectivity index (χ1n) is 4.53. The SMILES string of the molecule is CC(C)C(C)CC1(C)CC1. The van der Waals surface area contributed by atoms with Gasteiger partial charge in [-0.1, -0.05) is 27.7 Å². The zero-order valence-corrected chi connectivity index (χ0v) is 7.78. The summed E-state index contributed by atoms with van der Waals surface area (Å²) in [7, 11) is 0. The van der Waals surface area contributed by atoms with Gasteiger partial charge in [-0.25, -0.2) is 0 Å². The van der Waals surface area contributed by atoms with Crippen molar-refractivity contribution in [3.8, 4) is 0 Å². The molecule has 60 valence electrons. The van der Waals surface area contributed by atoms with Gasteiger partial charge in [0, 0.05) is 0 Å². The molecule has 1 fully saturated rings. The molecule has 0 aromatic carbocycles. The summed E-state index contributed by atoms with van der Waals surface area (Å²) >= 11 is 0. The third-order valence-corrected chi connectivity index (χ3v) is 3.06. The average Bonchev–Trinajstić information content (AvgIpc) is 2.47. The molecule has 0 amide bonds. The zero-order chi connectivity index (χ0) is 7.78.